The Bertz CT molecular complexity index is 611. The van der Waals surface area contributed by atoms with Crippen LogP contribution < -0.4 is 10.6 Å². The Morgan fingerprint density at radius 1 is 1.17 bits per heavy atom. The average molecular weight is 371 g/mol. The van der Waals surface area contributed by atoms with Gasteiger partial charge in [0.1, 0.15) is 5.41 Å². The van der Waals surface area contributed by atoms with Crippen LogP contribution in [-0.2, 0) is 16.0 Å². The molecule has 6 heteroatoms. The van der Waals surface area contributed by atoms with Crippen LogP contribution in [0.2, 0.25) is 10.0 Å². The second-order valence-electron chi connectivity index (χ2n) is 6.82. The molecule has 1 aromatic rings. The Hall–Kier alpha value is -1.26. The molecule has 0 heterocycles. The SMILES string of the molecule is CC(C)(C(=O)NCCc1ccc(Cl)cc1Cl)C(=O)NC1CCCC1. The number of halogens is 2. The van der Waals surface area contributed by atoms with E-state index < -0.39 is 5.41 Å². The van der Waals surface area contributed by atoms with E-state index in [0.717, 1.165) is 31.2 Å². The third-order valence-electron chi connectivity index (χ3n) is 4.52. The zero-order valence-electron chi connectivity index (χ0n) is 14.1. The number of benzene rings is 1. The summed E-state index contributed by atoms with van der Waals surface area (Å²) in [6, 6.07) is 5.50. The second kappa shape index (κ2) is 8.21. The van der Waals surface area contributed by atoms with Gasteiger partial charge in [0.05, 0.1) is 0 Å². The molecule has 0 unspecified atom stereocenters. The van der Waals surface area contributed by atoms with Gasteiger partial charge in [0.2, 0.25) is 11.8 Å². The summed E-state index contributed by atoms with van der Waals surface area (Å²) < 4.78 is 0. The van der Waals surface area contributed by atoms with Crippen LogP contribution in [0.4, 0.5) is 0 Å². The molecule has 0 radical (unpaired) electrons. The van der Waals surface area contributed by atoms with E-state index in [9.17, 15) is 9.59 Å². The Morgan fingerprint density at radius 3 is 2.46 bits per heavy atom. The highest BCUT2D eigenvalue weighted by atomic mass is 35.5. The smallest absolute Gasteiger partial charge is 0.235 e. The number of rotatable bonds is 6. The van der Waals surface area contributed by atoms with Gasteiger partial charge in [0, 0.05) is 22.6 Å². The van der Waals surface area contributed by atoms with Crippen LogP contribution in [0.5, 0.6) is 0 Å². The van der Waals surface area contributed by atoms with Gasteiger partial charge in [-0.3, -0.25) is 9.59 Å². The molecule has 132 valence electrons. The van der Waals surface area contributed by atoms with Crippen molar-refractivity contribution in [1.82, 2.24) is 10.6 Å². The molecule has 0 spiro atoms. The number of nitrogens with one attached hydrogen (secondary N) is 2. The maximum atomic E-state index is 12.4. The summed E-state index contributed by atoms with van der Waals surface area (Å²) in [5.74, 6) is -0.487. The van der Waals surface area contributed by atoms with Gasteiger partial charge in [-0.2, -0.15) is 0 Å². The lowest BCUT2D eigenvalue weighted by atomic mass is 9.90. The Kier molecular flexibility index (Phi) is 6.53. The average Bonchev–Trinajstić information content (AvgIpc) is 3.02. The first-order valence-corrected chi connectivity index (χ1v) is 9.09. The molecule has 1 fully saturated rings. The molecule has 4 nitrogen and oxygen atoms in total. The van der Waals surface area contributed by atoms with Crippen LogP contribution >= 0.6 is 23.2 Å². The normalized spacial score (nSPS) is 15.3. The molecule has 0 aliphatic heterocycles. The number of hydrogen-bond acceptors (Lipinski definition) is 2. The predicted molar refractivity (Wildman–Crippen MR) is 97.4 cm³/mol. The standard InChI is InChI=1S/C18H24Cl2N2O2/c1-18(2,17(24)22-14-5-3-4-6-14)16(23)21-10-9-12-7-8-13(19)11-15(12)20/h7-8,11,14H,3-6,9-10H2,1-2H3,(H,21,23)(H,22,24). The zero-order valence-corrected chi connectivity index (χ0v) is 15.6. The molecule has 2 rings (SSSR count). The van der Waals surface area contributed by atoms with E-state index in [2.05, 4.69) is 10.6 Å². The van der Waals surface area contributed by atoms with E-state index in [0.29, 0.717) is 23.0 Å². The van der Waals surface area contributed by atoms with Gasteiger partial charge in [-0.15, -0.1) is 0 Å². The monoisotopic (exact) mass is 370 g/mol. The lowest BCUT2D eigenvalue weighted by Gasteiger charge is -2.25. The van der Waals surface area contributed by atoms with Gasteiger partial charge >= 0.3 is 0 Å². The molecule has 1 saturated carbocycles. The second-order valence-corrected chi connectivity index (χ2v) is 7.67. The zero-order chi connectivity index (χ0) is 17.7. The molecule has 1 aliphatic rings. The van der Waals surface area contributed by atoms with Crippen LogP contribution in [0.25, 0.3) is 0 Å². The summed E-state index contributed by atoms with van der Waals surface area (Å²) in [6.07, 6.45) is 4.86. The van der Waals surface area contributed by atoms with Gasteiger partial charge < -0.3 is 10.6 Å². The third kappa shape index (κ3) is 4.87. The summed E-state index contributed by atoms with van der Waals surface area (Å²) >= 11 is 12.0. The summed E-state index contributed by atoms with van der Waals surface area (Å²) in [5, 5.41) is 6.98. The fourth-order valence-electron chi connectivity index (χ4n) is 2.80. The number of carbonyl (C=O) groups is 2. The molecular weight excluding hydrogens is 347 g/mol. The summed E-state index contributed by atoms with van der Waals surface area (Å²) in [7, 11) is 0. The third-order valence-corrected chi connectivity index (χ3v) is 5.11. The minimum absolute atomic E-state index is 0.206. The molecular formula is C18H24Cl2N2O2. The van der Waals surface area contributed by atoms with Gasteiger partial charge in [-0.05, 0) is 50.8 Å². The van der Waals surface area contributed by atoms with E-state index in [4.69, 9.17) is 23.2 Å². The van der Waals surface area contributed by atoms with Crippen molar-refractivity contribution < 1.29 is 9.59 Å². The van der Waals surface area contributed by atoms with Gasteiger partial charge in [-0.25, -0.2) is 0 Å². The highest BCUT2D eigenvalue weighted by molar-refractivity contribution is 6.35. The van der Waals surface area contributed by atoms with E-state index in [1.165, 1.54) is 0 Å². The topological polar surface area (TPSA) is 58.2 Å². The van der Waals surface area contributed by atoms with Crippen molar-refractivity contribution in [3.05, 3.63) is 33.8 Å². The molecule has 0 saturated heterocycles. The van der Waals surface area contributed by atoms with Gasteiger partial charge in [-0.1, -0.05) is 42.1 Å². The van der Waals surface area contributed by atoms with E-state index in [1.54, 1.807) is 26.0 Å². The van der Waals surface area contributed by atoms with Crippen molar-refractivity contribution in [3.8, 4) is 0 Å². The quantitative estimate of drug-likeness (QED) is 0.749. The number of hydrogen-bond donors (Lipinski definition) is 2. The maximum absolute atomic E-state index is 12.4. The van der Waals surface area contributed by atoms with Gasteiger partial charge in [0.25, 0.3) is 0 Å². The van der Waals surface area contributed by atoms with Crippen molar-refractivity contribution in [2.45, 2.75) is 52.0 Å². The molecule has 0 aromatic heterocycles. The maximum Gasteiger partial charge on any atom is 0.235 e. The lowest BCUT2D eigenvalue weighted by molar-refractivity contribution is -0.141. The summed E-state index contributed by atoms with van der Waals surface area (Å²) in [5.41, 5.74) is -0.179. The van der Waals surface area contributed by atoms with Crippen molar-refractivity contribution in [1.29, 1.82) is 0 Å². The molecule has 2 amide bonds. The largest absolute Gasteiger partial charge is 0.355 e. The highest BCUT2D eigenvalue weighted by Gasteiger charge is 2.37. The van der Waals surface area contributed by atoms with E-state index >= 15 is 0 Å². The fourth-order valence-corrected chi connectivity index (χ4v) is 3.30. The van der Waals surface area contributed by atoms with Crippen LogP contribution in [0.1, 0.15) is 45.1 Å². The summed E-state index contributed by atoms with van der Waals surface area (Å²) in [4.78, 5) is 24.8. The molecule has 2 N–H and O–H groups in total. The van der Waals surface area contributed by atoms with Crippen molar-refractivity contribution in [2.24, 2.45) is 5.41 Å². The Labute approximate surface area is 153 Å². The van der Waals surface area contributed by atoms with Gasteiger partial charge in [0.15, 0.2) is 0 Å². The minimum Gasteiger partial charge on any atom is -0.355 e. The lowest BCUT2D eigenvalue weighted by Crippen LogP contribution is -2.50. The van der Waals surface area contributed by atoms with Crippen molar-refractivity contribution >= 4 is 35.0 Å². The fraction of sp³-hybridized carbons (Fsp3) is 0.556. The van der Waals surface area contributed by atoms with Crippen LogP contribution in [0.3, 0.4) is 0 Å². The number of carbonyl (C=O) groups excluding carboxylic acids is 2. The predicted octanol–water partition coefficient (Wildman–Crippen LogP) is 3.74. The molecule has 1 aromatic carbocycles. The first-order valence-electron chi connectivity index (χ1n) is 8.34. The van der Waals surface area contributed by atoms with Crippen molar-refractivity contribution in [3.63, 3.8) is 0 Å². The van der Waals surface area contributed by atoms with Crippen LogP contribution in [0, 0.1) is 5.41 Å². The van der Waals surface area contributed by atoms with E-state index in [-0.39, 0.29) is 17.9 Å². The first kappa shape index (κ1) is 19.1. The van der Waals surface area contributed by atoms with Crippen molar-refractivity contribution in [2.75, 3.05) is 6.54 Å². The molecule has 0 atom stereocenters. The van der Waals surface area contributed by atoms with Crippen LogP contribution in [0.15, 0.2) is 18.2 Å². The Morgan fingerprint density at radius 2 is 1.83 bits per heavy atom. The Balaban J connectivity index is 1.84. The highest BCUT2D eigenvalue weighted by Crippen LogP contribution is 2.23. The first-order chi connectivity index (χ1) is 11.3. The molecule has 0 bridgehead atoms. The van der Waals surface area contributed by atoms with E-state index in [1.807, 2.05) is 6.07 Å². The van der Waals surface area contributed by atoms with Crippen LogP contribution in [-0.4, -0.2) is 24.4 Å². The molecule has 24 heavy (non-hydrogen) atoms. The minimum atomic E-state index is -1.09. The summed E-state index contributed by atoms with van der Waals surface area (Å²) in [6.45, 7) is 3.73. The number of amides is 2. The molecule has 1 aliphatic carbocycles.